The summed E-state index contributed by atoms with van der Waals surface area (Å²) in [5.41, 5.74) is -0.519. The van der Waals surface area contributed by atoms with Crippen LogP contribution in [0.4, 0.5) is 15.8 Å². The largest absolute Gasteiger partial charge is 0.323 e. The molecule has 0 fully saturated rings. The van der Waals surface area contributed by atoms with Crippen molar-refractivity contribution in [3.8, 4) is 0 Å². The Morgan fingerprint density at radius 1 is 1.32 bits per heavy atom. The number of benzene rings is 2. The van der Waals surface area contributed by atoms with Crippen LogP contribution < -0.4 is 5.32 Å². The lowest BCUT2D eigenvalue weighted by Crippen LogP contribution is -2.15. The Bertz CT molecular complexity index is 727. The third-order valence-corrected chi connectivity index (χ3v) is 4.15. The first-order valence-corrected chi connectivity index (χ1v) is 7.45. The number of hydrogen-bond donors (Lipinski definition) is 1. The van der Waals surface area contributed by atoms with Crippen LogP contribution in [0.2, 0.25) is 5.02 Å². The second kappa shape index (κ2) is 7.24. The molecule has 0 radical (unpaired) electrons. The summed E-state index contributed by atoms with van der Waals surface area (Å²) >= 11 is 7.15. The number of nitro benzene ring substituents is 1. The molecule has 0 aliphatic heterocycles. The van der Waals surface area contributed by atoms with Crippen molar-refractivity contribution >= 4 is 40.6 Å². The van der Waals surface area contributed by atoms with Gasteiger partial charge in [-0.3, -0.25) is 14.9 Å². The fourth-order valence-corrected chi connectivity index (χ4v) is 2.65. The van der Waals surface area contributed by atoms with Crippen LogP contribution in [0.25, 0.3) is 0 Å². The lowest BCUT2D eigenvalue weighted by Gasteiger charge is -2.07. The topological polar surface area (TPSA) is 72.2 Å². The molecule has 0 saturated carbocycles. The van der Waals surface area contributed by atoms with Crippen LogP contribution in [0, 0.1) is 15.9 Å². The molecule has 8 heteroatoms. The minimum absolute atomic E-state index is 0.00582. The summed E-state index contributed by atoms with van der Waals surface area (Å²) in [7, 11) is 0. The van der Waals surface area contributed by atoms with Crippen molar-refractivity contribution in [1.29, 1.82) is 0 Å². The first kappa shape index (κ1) is 16.3. The first-order valence-electron chi connectivity index (χ1n) is 6.08. The van der Waals surface area contributed by atoms with Crippen molar-refractivity contribution in [3.63, 3.8) is 0 Å². The molecule has 0 aromatic heterocycles. The normalized spacial score (nSPS) is 10.3. The summed E-state index contributed by atoms with van der Waals surface area (Å²) in [5, 5.41) is 13.5. The van der Waals surface area contributed by atoms with Gasteiger partial charge in [-0.15, -0.1) is 11.8 Å². The molecule has 0 unspecified atom stereocenters. The van der Waals surface area contributed by atoms with E-state index in [9.17, 15) is 19.3 Å². The van der Waals surface area contributed by atoms with E-state index in [0.29, 0.717) is 5.02 Å². The summed E-state index contributed by atoms with van der Waals surface area (Å²) in [6.45, 7) is 0. The second-order valence-corrected chi connectivity index (χ2v) is 5.61. The third kappa shape index (κ3) is 4.19. The number of nitrogens with zero attached hydrogens (tertiary/aromatic N) is 1. The molecule has 0 atom stereocenters. The Kier molecular flexibility index (Phi) is 5.35. The zero-order chi connectivity index (χ0) is 16.1. The van der Waals surface area contributed by atoms with Crippen molar-refractivity contribution in [2.24, 2.45) is 0 Å². The molecule has 0 spiro atoms. The smallest absolute Gasteiger partial charge is 0.271 e. The molecule has 114 valence electrons. The maximum atomic E-state index is 13.6. The zero-order valence-electron chi connectivity index (χ0n) is 11.1. The third-order valence-electron chi connectivity index (χ3n) is 2.63. The highest BCUT2D eigenvalue weighted by Gasteiger charge is 2.13. The van der Waals surface area contributed by atoms with E-state index >= 15 is 0 Å². The van der Waals surface area contributed by atoms with E-state index < -0.39 is 16.6 Å². The molecule has 0 heterocycles. The minimum Gasteiger partial charge on any atom is -0.323 e. The van der Waals surface area contributed by atoms with Gasteiger partial charge in [0.25, 0.3) is 5.69 Å². The van der Waals surface area contributed by atoms with E-state index in [1.165, 1.54) is 11.8 Å². The highest BCUT2D eigenvalue weighted by Crippen LogP contribution is 2.27. The van der Waals surface area contributed by atoms with Gasteiger partial charge in [0.15, 0.2) is 0 Å². The van der Waals surface area contributed by atoms with Gasteiger partial charge in [-0.25, -0.2) is 4.39 Å². The fourth-order valence-electron chi connectivity index (χ4n) is 1.61. The van der Waals surface area contributed by atoms with Gasteiger partial charge in [-0.1, -0.05) is 23.7 Å². The quantitative estimate of drug-likeness (QED) is 0.505. The number of hydrogen-bond acceptors (Lipinski definition) is 4. The van der Waals surface area contributed by atoms with Gasteiger partial charge < -0.3 is 5.32 Å². The molecule has 0 bridgehead atoms. The Labute approximate surface area is 134 Å². The molecule has 1 amide bonds. The van der Waals surface area contributed by atoms with Crippen LogP contribution in [0.5, 0.6) is 0 Å². The number of carbonyl (C=O) groups excluding carboxylic acids is 1. The summed E-state index contributed by atoms with van der Waals surface area (Å²) < 4.78 is 13.6. The van der Waals surface area contributed by atoms with Crippen LogP contribution in [0.15, 0.2) is 47.4 Å². The van der Waals surface area contributed by atoms with E-state index in [4.69, 9.17) is 11.6 Å². The number of rotatable bonds is 5. The Balaban J connectivity index is 2.02. The number of anilines is 1. The Morgan fingerprint density at radius 2 is 2.05 bits per heavy atom. The number of amides is 1. The standard InChI is InChI=1S/C14H10ClFN2O3S/c15-10-3-1-2-4-13(10)22-8-14(19)17-12-7-9(18(20)21)5-6-11(12)16/h1-7H,8H2,(H,17,19). The predicted octanol–water partition coefficient (Wildman–Crippen LogP) is 4.12. The Hall–Kier alpha value is -2.12. The average molecular weight is 341 g/mol. The van der Waals surface area contributed by atoms with Gasteiger partial charge in [-0.05, 0) is 18.2 Å². The van der Waals surface area contributed by atoms with E-state index in [1.807, 2.05) is 0 Å². The van der Waals surface area contributed by atoms with Gasteiger partial charge in [0.2, 0.25) is 5.91 Å². The van der Waals surface area contributed by atoms with Crippen molar-refractivity contribution in [1.82, 2.24) is 0 Å². The van der Waals surface area contributed by atoms with Crippen LogP contribution in [-0.4, -0.2) is 16.6 Å². The minimum atomic E-state index is -0.735. The molecule has 5 nitrogen and oxygen atoms in total. The van der Waals surface area contributed by atoms with E-state index in [0.717, 1.165) is 23.1 Å². The summed E-state index contributed by atoms with van der Waals surface area (Å²) in [6.07, 6.45) is 0. The molecular formula is C14H10ClFN2O3S. The van der Waals surface area contributed by atoms with Gasteiger partial charge in [0, 0.05) is 17.0 Å². The summed E-state index contributed by atoms with van der Waals surface area (Å²) in [6, 6.07) is 9.96. The number of halogens is 2. The number of thioether (sulfide) groups is 1. The molecule has 2 aromatic carbocycles. The van der Waals surface area contributed by atoms with Crippen LogP contribution in [-0.2, 0) is 4.79 Å². The van der Waals surface area contributed by atoms with E-state index in [1.54, 1.807) is 24.3 Å². The van der Waals surface area contributed by atoms with Crippen molar-refractivity contribution < 1.29 is 14.1 Å². The molecule has 0 aliphatic carbocycles. The van der Waals surface area contributed by atoms with Crippen LogP contribution in [0.1, 0.15) is 0 Å². The number of nitrogens with one attached hydrogen (secondary N) is 1. The van der Waals surface area contributed by atoms with Crippen LogP contribution >= 0.6 is 23.4 Å². The maximum Gasteiger partial charge on any atom is 0.271 e. The van der Waals surface area contributed by atoms with Crippen LogP contribution in [0.3, 0.4) is 0 Å². The van der Waals surface area contributed by atoms with Crippen molar-refractivity contribution in [3.05, 3.63) is 63.4 Å². The van der Waals surface area contributed by atoms with Crippen molar-refractivity contribution in [2.45, 2.75) is 4.90 Å². The lowest BCUT2D eigenvalue weighted by molar-refractivity contribution is -0.384. The molecule has 2 rings (SSSR count). The van der Waals surface area contributed by atoms with Gasteiger partial charge in [0.05, 0.1) is 21.4 Å². The SMILES string of the molecule is O=C(CSc1ccccc1Cl)Nc1cc([N+](=O)[O-])ccc1F. The second-order valence-electron chi connectivity index (χ2n) is 4.19. The zero-order valence-corrected chi connectivity index (χ0v) is 12.7. The molecule has 1 N–H and O–H groups in total. The molecule has 22 heavy (non-hydrogen) atoms. The Morgan fingerprint density at radius 3 is 2.73 bits per heavy atom. The maximum absolute atomic E-state index is 13.6. The average Bonchev–Trinajstić information content (AvgIpc) is 2.48. The van der Waals surface area contributed by atoms with Crippen molar-refractivity contribution in [2.75, 3.05) is 11.1 Å². The number of non-ortho nitro benzene ring substituents is 1. The van der Waals surface area contributed by atoms with Gasteiger partial charge in [-0.2, -0.15) is 0 Å². The van der Waals surface area contributed by atoms with Gasteiger partial charge in [0.1, 0.15) is 5.82 Å². The fraction of sp³-hybridized carbons (Fsp3) is 0.0714. The molecule has 2 aromatic rings. The highest BCUT2D eigenvalue weighted by molar-refractivity contribution is 8.00. The number of nitro groups is 1. The van der Waals surface area contributed by atoms with Gasteiger partial charge >= 0.3 is 0 Å². The summed E-state index contributed by atoms with van der Waals surface area (Å²) in [5.74, 6) is -1.21. The first-order chi connectivity index (χ1) is 10.5. The van der Waals surface area contributed by atoms with E-state index in [-0.39, 0.29) is 17.1 Å². The lowest BCUT2D eigenvalue weighted by atomic mass is 10.2. The molecule has 0 aliphatic rings. The highest BCUT2D eigenvalue weighted by atomic mass is 35.5. The molecular weight excluding hydrogens is 331 g/mol. The predicted molar refractivity (Wildman–Crippen MR) is 83.9 cm³/mol. The van der Waals surface area contributed by atoms with E-state index in [2.05, 4.69) is 5.32 Å². The molecule has 0 saturated heterocycles. The number of carbonyl (C=O) groups is 1. The summed E-state index contributed by atoms with van der Waals surface area (Å²) in [4.78, 5) is 22.5. The monoisotopic (exact) mass is 340 g/mol.